The number of allylic oxidation sites excluding steroid dienone is 1. The van der Waals surface area contributed by atoms with Gasteiger partial charge in [0.05, 0.1) is 37.5 Å². The molecule has 2 heterocycles. The van der Waals surface area contributed by atoms with Gasteiger partial charge in [-0.15, -0.1) is 0 Å². The van der Waals surface area contributed by atoms with Crippen molar-refractivity contribution in [1.29, 1.82) is 0 Å². The quantitative estimate of drug-likeness (QED) is 0.242. The van der Waals surface area contributed by atoms with Crippen LogP contribution < -0.4 is 0 Å². The molecule has 0 amide bonds. The van der Waals surface area contributed by atoms with E-state index in [9.17, 15) is 19.2 Å². The average molecular weight is 575 g/mol. The van der Waals surface area contributed by atoms with Gasteiger partial charge in [0.15, 0.2) is 0 Å². The second-order valence-electron chi connectivity index (χ2n) is 13.4. The Kier molecular flexibility index (Phi) is 6.74. The highest BCUT2D eigenvalue weighted by molar-refractivity contribution is 5.94. The SMILES string of the molecule is COC(=O)C[C@H]1C(C)(C)[C@H](OC(=O)c2ccccc2)C2CC3=C4CC(=O)O[C@@H](c5ccoc5)[C@]4(C)CCC3[C@@]1(C)C2=O. The summed E-state index contributed by atoms with van der Waals surface area (Å²) in [6.45, 7) is 8.11. The molecule has 2 saturated carbocycles. The van der Waals surface area contributed by atoms with Crippen LogP contribution in [-0.4, -0.2) is 36.9 Å². The molecule has 4 aliphatic rings. The number of Topliss-reactive ketones (excluding diaryl/α,β-unsaturated/α-hetero) is 1. The number of methoxy groups -OCH3 is 1. The third-order valence-electron chi connectivity index (χ3n) is 11.0. The van der Waals surface area contributed by atoms with Crippen molar-refractivity contribution in [3.8, 4) is 0 Å². The molecule has 222 valence electrons. The molecule has 1 saturated heterocycles. The Morgan fingerprint density at radius 1 is 1.05 bits per heavy atom. The number of rotatable bonds is 5. The van der Waals surface area contributed by atoms with E-state index in [1.165, 1.54) is 7.11 Å². The number of benzene rings is 1. The number of ketones is 1. The number of carbonyl (C=O) groups is 4. The van der Waals surface area contributed by atoms with Crippen LogP contribution >= 0.6 is 0 Å². The van der Waals surface area contributed by atoms with Crippen LogP contribution in [0.15, 0.2) is 64.5 Å². The van der Waals surface area contributed by atoms with Crippen LogP contribution in [0.1, 0.15) is 81.8 Å². The Morgan fingerprint density at radius 3 is 2.45 bits per heavy atom. The fraction of sp³-hybridized carbons (Fsp3) is 0.529. The van der Waals surface area contributed by atoms with Crippen LogP contribution in [0.25, 0.3) is 0 Å². The summed E-state index contributed by atoms with van der Waals surface area (Å²) < 4.78 is 22.6. The summed E-state index contributed by atoms with van der Waals surface area (Å²) in [5.74, 6) is -2.43. The van der Waals surface area contributed by atoms with Crippen LogP contribution in [0.4, 0.5) is 0 Å². The van der Waals surface area contributed by atoms with Gasteiger partial charge < -0.3 is 18.6 Å². The molecule has 2 aromatic rings. The van der Waals surface area contributed by atoms with Gasteiger partial charge in [-0.1, -0.05) is 51.5 Å². The number of fused-ring (bicyclic) bond motifs is 5. The molecular weight excluding hydrogens is 536 g/mol. The van der Waals surface area contributed by atoms with Crippen LogP contribution in [-0.2, 0) is 28.6 Å². The Morgan fingerprint density at radius 2 is 1.79 bits per heavy atom. The summed E-state index contributed by atoms with van der Waals surface area (Å²) in [6, 6.07) is 10.6. The van der Waals surface area contributed by atoms with Crippen molar-refractivity contribution >= 4 is 23.7 Å². The Labute approximate surface area is 245 Å². The van der Waals surface area contributed by atoms with Crippen molar-refractivity contribution in [2.75, 3.05) is 7.11 Å². The number of esters is 3. The van der Waals surface area contributed by atoms with E-state index in [1.807, 2.05) is 32.9 Å². The molecule has 8 heteroatoms. The molecule has 0 N–H and O–H groups in total. The molecule has 0 radical (unpaired) electrons. The first-order valence-electron chi connectivity index (χ1n) is 14.7. The van der Waals surface area contributed by atoms with E-state index in [-0.39, 0.29) is 30.5 Å². The highest BCUT2D eigenvalue weighted by Crippen LogP contribution is 2.68. The number of hydrogen-bond donors (Lipinski definition) is 0. The largest absolute Gasteiger partial charge is 0.472 e. The molecule has 1 aliphatic heterocycles. The highest BCUT2D eigenvalue weighted by atomic mass is 16.6. The maximum Gasteiger partial charge on any atom is 0.338 e. The number of hydrogen-bond acceptors (Lipinski definition) is 8. The molecule has 0 spiro atoms. The van der Waals surface area contributed by atoms with E-state index in [4.69, 9.17) is 18.6 Å². The van der Waals surface area contributed by atoms with Gasteiger partial charge in [0.25, 0.3) is 0 Å². The van der Waals surface area contributed by atoms with Crippen molar-refractivity contribution in [3.63, 3.8) is 0 Å². The fourth-order valence-corrected chi connectivity index (χ4v) is 8.95. The molecule has 1 aromatic carbocycles. The number of ether oxygens (including phenoxy) is 3. The standard InChI is InChI=1S/C34H38O8/c1-32(2)25(17-26(35)39-5)34(4)23-11-13-33(3)24(16-27(36)41-29(33)20-12-14-40-18-20)21(23)15-22(28(34)37)30(32)42-31(38)19-9-7-6-8-10-19/h6-10,12,14,18,22-23,25,29-30H,11,13,15-17H2,1-5H3/t22?,23?,25-,29-,30+,33+,34+/m0/s1. The van der Waals surface area contributed by atoms with Crippen LogP contribution in [0.2, 0.25) is 0 Å². The first-order valence-corrected chi connectivity index (χ1v) is 14.7. The lowest BCUT2D eigenvalue weighted by Gasteiger charge is -2.63. The zero-order chi connectivity index (χ0) is 30.0. The highest BCUT2D eigenvalue weighted by Gasteiger charge is 2.68. The molecular formula is C34H38O8. The fourth-order valence-electron chi connectivity index (χ4n) is 8.95. The lowest BCUT2D eigenvalue weighted by molar-refractivity contribution is -0.186. The number of furan rings is 1. The number of cyclic esters (lactones) is 1. The van der Waals surface area contributed by atoms with Crippen LogP contribution in [0.5, 0.6) is 0 Å². The van der Waals surface area contributed by atoms with Crippen molar-refractivity contribution in [2.45, 2.75) is 72.0 Å². The topological polar surface area (TPSA) is 109 Å². The first kappa shape index (κ1) is 28.4. The Bertz CT molecular complexity index is 1450. The second-order valence-corrected chi connectivity index (χ2v) is 13.4. The summed E-state index contributed by atoms with van der Waals surface area (Å²) in [4.78, 5) is 53.9. The average Bonchev–Trinajstić information content (AvgIpc) is 3.51. The third kappa shape index (κ3) is 4.08. The second kappa shape index (κ2) is 9.96. The monoisotopic (exact) mass is 574 g/mol. The van der Waals surface area contributed by atoms with Gasteiger partial charge in [-0.05, 0) is 54.9 Å². The number of carbonyl (C=O) groups excluding carboxylic acids is 4. The minimum Gasteiger partial charge on any atom is -0.472 e. The van der Waals surface area contributed by atoms with Crippen molar-refractivity contribution in [1.82, 2.24) is 0 Å². The molecule has 3 aliphatic carbocycles. The molecule has 2 bridgehead atoms. The van der Waals surface area contributed by atoms with Crippen molar-refractivity contribution in [2.24, 2.45) is 34.0 Å². The van der Waals surface area contributed by atoms with E-state index in [0.29, 0.717) is 24.8 Å². The Hall–Kier alpha value is -3.68. The van der Waals surface area contributed by atoms with Crippen molar-refractivity contribution < 1.29 is 37.8 Å². The van der Waals surface area contributed by atoms with E-state index in [2.05, 4.69) is 6.92 Å². The van der Waals surface area contributed by atoms with Gasteiger partial charge in [0.1, 0.15) is 18.0 Å². The molecule has 42 heavy (non-hydrogen) atoms. The predicted octanol–water partition coefficient (Wildman–Crippen LogP) is 6.02. The van der Waals surface area contributed by atoms with E-state index >= 15 is 0 Å². The molecule has 1 aromatic heterocycles. The predicted molar refractivity (Wildman–Crippen MR) is 151 cm³/mol. The molecule has 7 atom stereocenters. The minimum atomic E-state index is -0.910. The van der Waals surface area contributed by atoms with Gasteiger partial charge in [-0.25, -0.2) is 4.79 Å². The van der Waals surface area contributed by atoms with Gasteiger partial charge >= 0.3 is 17.9 Å². The van der Waals surface area contributed by atoms with Crippen LogP contribution in [0, 0.1) is 34.0 Å². The molecule has 8 nitrogen and oxygen atoms in total. The summed E-state index contributed by atoms with van der Waals surface area (Å²) in [7, 11) is 1.35. The maximum absolute atomic E-state index is 14.6. The zero-order valence-electron chi connectivity index (χ0n) is 24.8. The van der Waals surface area contributed by atoms with Gasteiger partial charge in [-0.2, -0.15) is 0 Å². The molecule has 6 rings (SSSR count). The minimum absolute atomic E-state index is 0.0179. The van der Waals surface area contributed by atoms with Gasteiger partial charge in [0, 0.05) is 28.2 Å². The van der Waals surface area contributed by atoms with E-state index < -0.39 is 52.2 Å². The molecule has 2 unspecified atom stereocenters. The smallest absolute Gasteiger partial charge is 0.338 e. The summed E-state index contributed by atoms with van der Waals surface area (Å²) in [5, 5.41) is 0. The van der Waals surface area contributed by atoms with Crippen molar-refractivity contribution in [3.05, 3.63) is 71.2 Å². The Balaban J connectivity index is 1.49. The van der Waals surface area contributed by atoms with Gasteiger partial charge in [0.2, 0.25) is 0 Å². The lowest BCUT2D eigenvalue weighted by atomic mass is 9.40. The third-order valence-corrected chi connectivity index (χ3v) is 11.0. The lowest BCUT2D eigenvalue weighted by Crippen LogP contribution is -2.66. The van der Waals surface area contributed by atoms with Crippen LogP contribution in [0.3, 0.4) is 0 Å². The van der Waals surface area contributed by atoms with Gasteiger partial charge in [-0.3, -0.25) is 14.4 Å². The summed E-state index contributed by atoms with van der Waals surface area (Å²) >= 11 is 0. The summed E-state index contributed by atoms with van der Waals surface area (Å²) in [5.41, 5.74) is 1.19. The van der Waals surface area contributed by atoms with E-state index in [1.54, 1.807) is 36.8 Å². The first-order chi connectivity index (χ1) is 19.9. The zero-order valence-corrected chi connectivity index (χ0v) is 24.8. The van der Waals surface area contributed by atoms with E-state index in [0.717, 1.165) is 16.7 Å². The molecule has 3 fully saturated rings. The summed E-state index contributed by atoms with van der Waals surface area (Å²) in [6.07, 6.45) is 3.91. The maximum atomic E-state index is 14.6. The normalized spacial score (nSPS) is 35.0.